The average Bonchev–Trinajstić information content (AvgIpc) is 2.73. The monoisotopic (exact) mass is 272 g/mol. The number of nitrogens with zero attached hydrogens (tertiary/aromatic N) is 3. The smallest absolute Gasteiger partial charge is 0.0863 e. The molecule has 6 heteroatoms. The first-order valence-corrected chi connectivity index (χ1v) is 6.94. The molecule has 18 heavy (non-hydrogen) atoms. The third kappa shape index (κ3) is 3.03. The fraction of sp³-hybridized carbons (Fsp3) is 0.750. The molecule has 1 saturated heterocycles. The molecule has 0 bridgehead atoms. The first kappa shape index (κ1) is 13.8. The van der Waals surface area contributed by atoms with Crippen molar-refractivity contribution < 1.29 is 4.74 Å². The molecule has 1 aromatic heterocycles. The number of morpholine rings is 1. The van der Waals surface area contributed by atoms with Gasteiger partial charge in [-0.1, -0.05) is 18.5 Å². The average molecular weight is 273 g/mol. The third-order valence-corrected chi connectivity index (χ3v) is 3.61. The van der Waals surface area contributed by atoms with Gasteiger partial charge in [0.25, 0.3) is 0 Å². The Bertz CT molecular complexity index is 388. The Morgan fingerprint density at radius 2 is 2.06 bits per heavy atom. The van der Waals surface area contributed by atoms with E-state index in [1.54, 1.807) is 0 Å². The summed E-state index contributed by atoms with van der Waals surface area (Å²) < 4.78 is 7.30. The van der Waals surface area contributed by atoms with E-state index in [0.29, 0.717) is 0 Å². The summed E-state index contributed by atoms with van der Waals surface area (Å²) in [5.74, 6) is 0. The highest BCUT2D eigenvalue weighted by Crippen LogP contribution is 2.21. The number of rotatable bonds is 5. The minimum atomic E-state index is 0.722. The molecule has 0 aliphatic carbocycles. The Hall–Kier alpha value is -0.620. The molecule has 1 aliphatic heterocycles. The summed E-state index contributed by atoms with van der Waals surface area (Å²) in [6, 6.07) is 0. The van der Waals surface area contributed by atoms with Gasteiger partial charge >= 0.3 is 0 Å². The number of ether oxygens (including phenoxy) is 1. The lowest BCUT2D eigenvalue weighted by Gasteiger charge is -2.27. The van der Waals surface area contributed by atoms with Crippen LogP contribution in [0.3, 0.4) is 0 Å². The van der Waals surface area contributed by atoms with Crippen molar-refractivity contribution in [3.63, 3.8) is 0 Å². The highest BCUT2D eigenvalue weighted by atomic mass is 35.5. The Morgan fingerprint density at radius 3 is 2.67 bits per heavy atom. The molecule has 0 spiro atoms. The van der Waals surface area contributed by atoms with E-state index in [4.69, 9.17) is 16.3 Å². The van der Waals surface area contributed by atoms with Gasteiger partial charge in [0.2, 0.25) is 0 Å². The maximum Gasteiger partial charge on any atom is 0.0863 e. The zero-order chi connectivity index (χ0) is 13.0. The van der Waals surface area contributed by atoms with Gasteiger partial charge in [-0.25, -0.2) is 10.4 Å². The first-order chi connectivity index (χ1) is 8.76. The summed E-state index contributed by atoms with van der Waals surface area (Å²) in [7, 11) is 0. The van der Waals surface area contributed by atoms with E-state index in [0.717, 1.165) is 62.2 Å². The Kier molecular flexibility index (Phi) is 5.00. The van der Waals surface area contributed by atoms with Crippen molar-refractivity contribution >= 4 is 11.6 Å². The van der Waals surface area contributed by atoms with Crippen molar-refractivity contribution in [3.8, 4) is 0 Å². The molecule has 2 rings (SSSR count). The van der Waals surface area contributed by atoms with Crippen LogP contribution in [-0.4, -0.2) is 41.1 Å². The lowest BCUT2D eigenvalue weighted by atomic mass is 10.3. The summed E-state index contributed by atoms with van der Waals surface area (Å²) in [5, 5.41) is 7.50. The number of hydrazine groups is 1. The van der Waals surface area contributed by atoms with Crippen LogP contribution in [0.1, 0.15) is 25.2 Å². The third-order valence-electron chi connectivity index (χ3n) is 3.18. The summed E-state index contributed by atoms with van der Waals surface area (Å²) >= 11 is 6.36. The van der Waals surface area contributed by atoms with Crippen molar-refractivity contribution in [1.29, 1.82) is 0 Å². The van der Waals surface area contributed by atoms with Crippen molar-refractivity contribution in [2.45, 2.75) is 33.4 Å². The zero-order valence-electron chi connectivity index (χ0n) is 11.1. The highest BCUT2D eigenvalue weighted by Gasteiger charge is 2.16. The Labute approximate surface area is 113 Å². The van der Waals surface area contributed by atoms with Crippen LogP contribution in [0.5, 0.6) is 0 Å². The second-order valence-corrected chi connectivity index (χ2v) is 4.69. The molecule has 0 aromatic carbocycles. The van der Waals surface area contributed by atoms with Gasteiger partial charge in [-0.05, 0) is 13.3 Å². The van der Waals surface area contributed by atoms with Gasteiger partial charge in [-0.2, -0.15) is 5.10 Å². The van der Waals surface area contributed by atoms with Gasteiger partial charge in [0, 0.05) is 19.6 Å². The molecule has 2 heterocycles. The number of hydrogen-bond donors (Lipinski definition) is 1. The van der Waals surface area contributed by atoms with Crippen LogP contribution >= 0.6 is 11.6 Å². The lowest BCUT2D eigenvalue weighted by molar-refractivity contribution is 0.0101. The van der Waals surface area contributed by atoms with E-state index in [1.165, 1.54) is 0 Å². The first-order valence-electron chi connectivity index (χ1n) is 6.56. The van der Waals surface area contributed by atoms with Gasteiger partial charge in [0.05, 0.1) is 36.2 Å². The van der Waals surface area contributed by atoms with Gasteiger partial charge in [0.15, 0.2) is 0 Å². The molecule has 1 N–H and O–H groups in total. The van der Waals surface area contributed by atoms with E-state index in [1.807, 2.05) is 4.68 Å². The molecule has 0 saturated carbocycles. The molecule has 0 amide bonds. The van der Waals surface area contributed by atoms with Gasteiger partial charge < -0.3 is 4.74 Å². The molecule has 1 fully saturated rings. The highest BCUT2D eigenvalue weighted by molar-refractivity contribution is 6.31. The van der Waals surface area contributed by atoms with E-state index in [9.17, 15) is 0 Å². The van der Waals surface area contributed by atoms with Crippen LogP contribution in [0.25, 0.3) is 0 Å². The van der Waals surface area contributed by atoms with Crippen LogP contribution in [0, 0.1) is 0 Å². The van der Waals surface area contributed by atoms with E-state index >= 15 is 0 Å². The quantitative estimate of drug-likeness (QED) is 0.881. The molecular weight excluding hydrogens is 252 g/mol. The van der Waals surface area contributed by atoms with Crippen LogP contribution in [0.4, 0.5) is 0 Å². The largest absolute Gasteiger partial charge is 0.379 e. The van der Waals surface area contributed by atoms with Crippen LogP contribution < -0.4 is 5.43 Å². The summed E-state index contributed by atoms with van der Waals surface area (Å²) in [6.45, 7) is 9.13. The molecule has 1 aromatic rings. The van der Waals surface area contributed by atoms with Gasteiger partial charge in [0.1, 0.15) is 0 Å². The number of aryl methyl sites for hydroxylation is 2. The maximum atomic E-state index is 6.36. The Morgan fingerprint density at radius 1 is 1.33 bits per heavy atom. The number of nitrogens with one attached hydrogen (secondary N) is 1. The van der Waals surface area contributed by atoms with Crippen molar-refractivity contribution in [2.75, 3.05) is 26.3 Å². The fourth-order valence-corrected chi connectivity index (χ4v) is 2.43. The van der Waals surface area contributed by atoms with Gasteiger partial charge in [-0.15, -0.1) is 0 Å². The molecule has 102 valence electrons. The normalized spacial score (nSPS) is 17.3. The minimum absolute atomic E-state index is 0.722. The predicted octanol–water partition coefficient (Wildman–Crippen LogP) is 1.46. The van der Waals surface area contributed by atoms with Crippen molar-refractivity contribution in [3.05, 3.63) is 16.4 Å². The zero-order valence-corrected chi connectivity index (χ0v) is 11.8. The lowest BCUT2D eigenvalue weighted by Crippen LogP contribution is -2.45. The second kappa shape index (κ2) is 6.52. The Balaban J connectivity index is 2.01. The maximum absolute atomic E-state index is 6.36. The van der Waals surface area contributed by atoms with Crippen molar-refractivity contribution in [1.82, 2.24) is 20.2 Å². The minimum Gasteiger partial charge on any atom is -0.379 e. The van der Waals surface area contributed by atoms with Crippen LogP contribution in [0.2, 0.25) is 5.02 Å². The van der Waals surface area contributed by atoms with Crippen molar-refractivity contribution in [2.24, 2.45) is 0 Å². The van der Waals surface area contributed by atoms with E-state index in [-0.39, 0.29) is 0 Å². The summed E-state index contributed by atoms with van der Waals surface area (Å²) in [6.07, 6.45) is 0.871. The number of aromatic nitrogens is 2. The topological polar surface area (TPSA) is 42.3 Å². The summed E-state index contributed by atoms with van der Waals surface area (Å²) in [4.78, 5) is 0. The SMILES string of the molecule is CCc1nn(CC)c(CNN2CCOCC2)c1Cl. The standard InChI is InChI=1S/C12H21ClN4O/c1-3-10-12(13)11(17(4-2)15-10)9-14-16-5-7-18-8-6-16/h14H,3-9H2,1-2H3. The van der Waals surface area contributed by atoms with E-state index in [2.05, 4.69) is 29.4 Å². The van der Waals surface area contributed by atoms with Crippen LogP contribution in [0.15, 0.2) is 0 Å². The molecule has 0 atom stereocenters. The van der Waals surface area contributed by atoms with Crippen LogP contribution in [-0.2, 0) is 24.2 Å². The molecule has 1 aliphatic rings. The number of halogens is 1. The van der Waals surface area contributed by atoms with Gasteiger partial charge in [-0.3, -0.25) is 4.68 Å². The second-order valence-electron chi connectivity index (χ2n) is 4.31. The number of hydrogen-bond acceptors (Lipinski definition) is 4. The molecular formula is C12H21ClN4O. The predicted molar refractivity (Wildman–Crippen MR) is 71.5 cm³/mol. The molecule has 5 nitrogen and oxygen atoms in total. The summed E-state index contributed by atoms with van der Waals surface area (Å²) in [5.41, 5.74) is 5.45. The van der Waals surface area contributed by atoms with E-state index < -0.39 is 0 Å². The fourth-order valence-electron chi connectivity index (χ4n) is 2.09. The molecule has 0 radical (unpaired) electrons. The molecule has 0 unspecified atom stereocenters.